The molecule has 0 radical (unpaired) electrons. The van der Waals surface area contributed by atoms with E-state index in [2.05, 4.69) is 20.3 Å². The Kier molecular flexibility index (Phi) is 4.01. The molecule has 0 aliphatic rings. The van der Waals surface area contributed by atoms with Gasteiger partial charge in [-0.2, -0.15) is 10.1 Å². The zero-order valence-electron chi connectivity index (χ0n) is 14.4. The van der Waals surface area contributed by atoms with E-state index in [0.717, 1.165) is 11.3 Å². The van der Waals surface area contributed by atoms with Gasteiger partial charge in [0.25, 0.3) is 5.89 Å². The summed E-state index contributed by atoms with van der Waals surface area (Å²) < 4.78 is 16.0. The Balaban J connectivity index is 1.97. The van der Waals surface area contributed by atoms with Gasteiger partial charge in [0.2, 0.25) is 0 Å². The highest BCUT2D eigenvalue weighted by atomic mass is 16.5. The molecule has 0 atom stereocenters. The first-order valence-electron chi connectivity index (χ1n) is 7.54. The van der Waals surface area contributed by atoms with Crippen LogP contribution in [0, 0.1) is 6.92 Å². The molecule has 126 valence electrons. The van der Waals surface area contributed by atoms with Crippen LogP contribution >= 0.6 is 0 Å². The van der Waals surface area contributed by atoms with Crippen LogP contribution in [0.15, 0.2) is 28.8 Å². The number of nitrogens with one attached hydrogen (secondary N) is 1. The van der Waals surface area contributed by atoms with E-state index in [-0.39, 0.29) is 0 Å². The van der Waals surface area contributed by atoms with E-state index in [0.29, 0.717) is 28.9 Å². The third-order valence-electron chi connectivity index (χ3n) is 4.02. The highest BCUT2D eigenvalue weighted by Crippen LogP contribution is 2.36. The summed E-state index contributed by atoms with van der Waals surface area (Å²) in [6.45, 7) is 5.97. The fourth-order valence-corrected chi connectivity index (χ4v) is 2.46. The zero-order chi connectivity index (χ0) is 17.3. The molecule has 1 aromatic carbocycles. The predicted octanol–water partition coefficient (Wildman–Crippen LogP) is 3.11. The van der Waals surface area contributed by atoms with Crippen LogP contribution in [0.2, 0.25) is 0 Å². The average Bonchev–Trinajstić information content (AvgIpc) is 3.23. The number of hydrogen-bond acceptors (Lipinski definition) is 6. The van der Waals surface area contributed by atoms with Crippen molar-refractivity contribution < 1.29 is 14.0 Å². The van der Waals surface area contributed by atoms with Crippen molar-refractivity contribution in [2.24, 2.45) is 0 Å². The van der Waals surface area contributed by atoms with Gasteiger partial charge in [-0.3, -0.25) is 5.10 Å². The van der Waals surface area contributed by atoms with Crippen LogP contribution in [0.3, 0.4) is 0 Å². The standard InChI is InChI=1S/C17H20N4O3/c1-10-8-12(20-19-10)15-18-16(21-24-15)17(2,3)11-6-7-13(22-4)14(9-11)23-5/h6-9H,1-5H3,(H,19,20). The SMILES string of the molecule is COc1ccc(C(C)(C)c2noc(-c3cc(C)[nH]n3)n2)cc1OC. The molecule has 0 unspecified atom stereocenters. The van der Waals surface area contributed by atoms with Gasteiger partial charge in [-0.25, -0.2) is 0 Å². The molecule has 7 heteroatoms. The van der Waals surface area contributed by atoms with Crippen molar-refractivity contribution in [3.05, 3.63) is 41.3 Å². The van der Waals surface area contributed by atoms with Gasteiger partial charge in [-0.15, -0.1) is 0 Å². The fraction of sp³-hybridized carbons (Fsp3) is 0.353. The molecular weight excluding hydrogens is 308 g/mol. The van der Waals surface area contributed by atoms with E-state index >= 15 is 0 Å². The summed E-state index contributed by atoms with van der Waals surface area (Å²) in [7, 11) is 3.22. The minimum Gasteiger partial charge on any atom is -0.493 e. The molecule has 3 rings (SSSR count). The van der Waals surface area contributed by atoms with E-state index in [1.807, 2.05) is 45.0 Å². The third kappa shape index (κ3) is 2.73. The summed E-state index contributed by atoms with van der Waals surface area (Å²) in [5.41, 5.74) is 2.09. The van der Waals surface area contributed by atoms with Gasteiger partial charge < -0.3 is 14.0 Å². The number of aryl methyl sites for hydroxylation is 1. The van der Waals surface area contributed by atoms with Gasteiger partial charge in [0.05, 0.1) is 19.6 Å². The molecule has 0 fully saturated rings. The first kappa shape index (κ1) is 16.0. The maximum Gasteiger partial charge on any atom is 0.278 e. The Bertz CT molecular complexity index is 851. The van der Waals surface area contributed by atoms with Crippen LogP contribution in [0.1, 0.15) is 30.9 Å². The maximum atomic E-state index is 5.38. The summed E-state index contributed by atoms with van der Waals surface area (Å²) in [5.74, 6) is 2.31. The normalized spacial score (nSPS) is 11.5. The Morgan fingerprint density at radius 3 is 2.46 bits per heavy atom. The number of methoxy groups -OCH3 is 2. The molecular formula is C17H20N4O3. The molecule has 0 saturated carbocycles. The van der Waals surface area contributed by atoms with Crippen LogP contribution in [0.25, 0.3) is 11.6 Å². The summed E-state index contributed by atoms with van der Waals surface area (Å²) in [6.07, 6.45) is 0. The van der Waals surface area contributed by atoms with Crippen molar-refractivity contribution in [3.8, 4) is 23.1 Å². The number of aromatic amines is 1. The second-order valence-corrected chi connectivity index (χ2v) is 6.05. The molecule has 2 aromatic heterocycles. The molecule has 0 spiro atoms. The van der Waals surface area contributed by atoms with Gasteiger partial charge in [-0.1, -0.05) is 11.2 Å². The molecule has 3 aromatic rings. The smallest absolute Gasteiger partial charge is 0.278 e. The number of rotatable bonds is 5. The molecule has 1 N–H and O–H groups in total. The second kappa shape index (κ2) is 5.99. The molecule has 7 nitrogen and oxygen atoms in total. The van der Waals surface area contributed by atoms with Crippen LogP contribution in [-0.4, -0.2) is 34.6 Å². The number of hydrogen-bond donors (Lipinski definition) is 1. The van der Waals surface area contributed by atoms with Gasteiger partial charge >= 0.3 is 0 Å². The van der Waals surface area contributed by atoms with Crippen molar-refractivity contribution in [3.63, 3.8) is 0 Å². The Morgan fingerprint density at radius 2 is 1.83 bits per heavy atom. The van der Waals surface area contributed by atoms with E-state index in [1.54, 1.807) is 14.2 Å². The summed E-state index contributed by atoms with van der Waals surface area (Å²) >= 11 is 0. The van der Waals surface area contributed by atoms with Gasteiger partial charge in [0.15, 0.2) is 23.0 Å². The minimum absolute atomic E-state index is 0.392. The first-order valence-corrected chi connectivity index (χ1v) is 7.54. The van der Waals surface area contributed by atoms with E-state index < -0.39 is 5.41 Å². The number of ether oxygens (including phenoxy) is 2. The zero-order valence-corrected chi connectivity index (χ0v) is 14.4. The molecule has 2 heterocycles. The van der Waals surface area contributed by atoms with Crippen molar-refractivity contribution in [2.75, 3.05) is 14.2 Å². The lowest BCUT2D eigenvalue weighted by Gasteiger charge is -2.22. The maximum absolute atomic E-state index is 5.38. The van der Waals surface area contributed by atoms with Crippen molar-refractivity contribution >= 4 is 0 Å². The highest BCUT2D eigenvalue weighted by molar-refractivity contribution is 5.49. The average molecular weight is 328 g/mol. The van der Waals surface area contributed by atoms with E-state index in [9.17, 15) is 0 Å². The van der Waals surface area contributed by atoms with Gasteiger partial charge in [0, 0.05) is 5.69 Å². The Hall–Kier alpha value is -2.83. The number of H-pyrrole nitrogens is 1. The highest BCUT2D eigenvalue weighted by Gasteiger charge is 2.30. The molecule has 0 aliphatic heterocycles. The summed E-state index contributed by atoms with van der Waals surface area (Å²) in [6, 6.07) is 7.62. The van der Waals surface area contributed by atoms with Crippen molar-refractivity contribution in [2.45, 2.75) is 26.2 Å². The van der Waals surface area contributed by atoms with Gasteiger partial charge in [0.1, 0.15) is 0 Å². The lowest BCUT2D eigenvalue weighted by atomic mass is 9.83. The largest absolute Gasteiger partial charge is 0.493 e. The van der Waals surface area contributed by atoms with E-state index in [1.165, 1.54) is 0 Å². The van der Waals surface area contributed by atoms with Crippen molar-refractivity contribution in [1.82, 2.24) is 20.3 Å². The molecule has 0 saturated heterocycles. The third-order valence-corrected chi connectivity index (χ3v) is 4.02. The van der Waals surface area contributed by atoms with Crippen LogP contribution in [-0.2, 0) is 5.41 Å². The van der Waals surface area contributed by atoms with Gasteiger partial charge in [-0.05, 0) is 44.5 Å². The van der Waals surface area contributed by atoms with Crippen molar-refractivity contribution in [1.29, 1.82) is 0 Å². The van der Waals surface area contributed by atoms with E-state index in [4.69, 9.17) is 14.0 Å². The summed E-state index contributed by atoms with van der Waals surface area (Å²) in [5, 5.41) is 11.1. The predicted molar refractivity (Wildman–Crippen MR) is 88.3 cm³/mol. The van der Waals surface area contributed by atoms with Crippen LogP contribution < -0.4 is 9.47 Å². The quantitative estimate of drug-likeness (QED) is 0.774. The monoisotopic (exact) mass is 328 g/mol. The number of aromatic nitrogens is 4. The molecule has 0 bridgehead atoms. The first-order chi connectivity index (χ1) is 11.5. The second-order valence-electron chi connectivity index (χ2n) is 6.05. The summed E-state index contributed by atoms with van der Waals surface area (Å²) in [4.78, 5) is 4.51. The number of nitrogens with zero attached hydrogens (tertiary/aromatic N) is 3. The minimum atomic E-state index is -0.466. The lowest BCUT2D eigenvalue weighted by Crippen LogP contribution is -2.21. The van der Waals surface area contributed by atoms with Crippen LogP contribution in [0.4, 0.5) is 0 Å². The fourth-order valence-electron chi connectivity index (χ4n) is 2.46. The molecule has 0 aliphatic carbocycles. The Labute approximate surface area is 140 Å². The van der Waals surface area contributed by atoms with Crippen LogP contribution in [0.5, 0.6) is 11.5 Å². The molecule has 0 amide bonds. The number of benzene rings is 1. The molecule has 24 heavy (non-hydrogen) atoms. The lowest BCUT2D eigenvalue weighted by molar-refractivity contribution is 0.353. The Morgan fingerprint density at radius 1 is 1.08 bits per heavy atom. The topological polar surface area (TPSA) is 86.1 Å².